The van der Waals surface area contributed by atoms with Gasteiger partial charge in [-0.25, -0.2) is 0 Å². The number of thioether (sulfide) groups is 1. The van der Waals surface area contributed by atoms with Crippen molar-refractivity contribution in [3.8, 4) is 0 Å². The highest BCUT2D eigenvalue weighted by Gasteiger charge is 2.39. The third-order valence-corrected chi connectivity index (χ3v) is 3.57. The lowest BCUT2D eigenvalue weighted by molar-refractivity contribution is -0.147. The zero-order valence-corrected chi connectivity index (χ0v) is 8.37. The molecular weight excluding hydrogens is 174 g/mol. The van der Waals surface area contributed by atoms with Crippen LogP contribution in [0, 0.1) is 0 Å². The fourth-order valence-corrected chi connectivity index (χ4v) is 2.70. The van der Waals surface area contributed by atoms with E-state index in [-0.39, 0.29) is 5.97 Å². The van der Waals surface area contributed by atoms with Crippen LogP contribution in [0.25, 0.3) is 0 Å². The maximum absolute atomic E-state index is 11.4. The van der Waals surface area contributed by atoms with Crippen LogP contribution in [-0.4, -0.2) is 37.2 Å². The second-order valence-corrected chi connectivity index (χ2v) is 4.08. The normalized spacial score (nSPS) is 29.8. The maximum Gasteiger partial charge on any atom is 0.326 e. The highest BCUT2D eigenvalue weighted by atomic mass is 32.2. The number of rotatable bonds is 2. The molecule has 1 atom stereocenters. The van der Waals surface area contributed by atoms with Crippen LogP contribution in [0.3, 0.4) is 0 Å². The molecule has 12 heavy (non-hydrogen) atoms. The van der Waals surface area contributed by atoms with E-state index >= 15 is 0 Å². The Morgan fingerprint density at radius 1 is 1.67 bits per heavy atom. The van der Waals surface area contributed by atoms with Crippen molar-refractivity contribution in [1.29, 1.82) is 0 Å². The lowest BCUT2D eigenvalue weighted by Crippen LogP contribution is -2.54. The quantitative estimate of drug-likeness (QED) is 0.647. The van der Waals surface area contributed by atoms with Crippen molar-refractivity contribution < 1.29 is 9.53 Å². The Labute approximate surface area is 77.2 Å². The molecule has 0 aliphatic carbocycles. The predicted molar refractivity (Wildman–Crippen MR) is 50.4 cm³/mol. The molecule has 70 valence electrons. The van der Waals surface area contributed by atoms with Crippen molar-refractivity contribution in [2.45, 2.75) is 18.4 Å². The van der Waals surface area contributed by atoms with Gasteiger partial charge in [-0.05, 0) is 25.6 Å². The van der Waals surface area contributed by atoms with Gasteiger partial charge in [-0.2, -0.15) is 11.8 Å². The summed E-state index contributed by atoms with van der Waals surface area (Å²) < 4.78 is 4.77. The minimum atomic E-state index is -0.419. The fraction of sp³-hybridized carbons (Fsp3) is 0.875. The third-order valence-electron chi connectivity index (χ3n) is 2.30. The van der Waals surface area contributed by atoms with Crippen LogP contribution in [-0.2, 0) is 9.53 Å². The Bertz CT molecular complexity index is 166. The molecule has 0 amide bonds. The van der Waals surface area contributed by atoms with Crippen LogP contribution in [0.5, 0.6) is 0 Å². The molecule has 0 aromatic carbocycles. The van der Waals surface area contributed by atoms with Crippen molar-refractivity contribution in [1.82, 2.24) is 5.32 Å². The molecule has 1 aliphatic heterocycles. The Kier molecular flexibility index (Phi) is 3.40. The molecule has 0 bridgehead atoms. The highest BCUT2D eigenvalue weighted by Crippen LogP contribution is 2.27. The second kappa shape index (κ2) is 4.14. The van der Waals surface area contributed by atoms with E-state index in [1.807, 2.05) is 7.05 Å². The SMILES string of the molecule is CNC1(C(=O)OC)CCCSC1. The van der Waals surface area contributed by atoms with Crippen molar-refractivity contribution in [2.24, 2.45) is 0 Å². The Morgan fingerprint density at radius 2 is 2.42 bits per heavy atom. The van der Waals surface area contributed by atoms with Gasteiger partial charge in [0.15, 0.2) is 0 Å². The molecule has 0 aromatic heterocycles. The molecule has 1 heterocycles. The van der Waals surface area contributed by atoms with Gasteiger partial charge in [0.25, 0.3) is 0 Å². The summed E-state index contributed by atoms with van der Waals surface area (Å²) in [5, 5.41) is 3.07. The van der Waals surface area contributed by atoms with E-state index < -0.39 is 5.54 Å². The molecule has 1 unspecified atom stereocenters. The maximum atomic E-state index is 11.4. The summed E-state index contributed by atoms with van der Waals surface area (Å²) in [7, 11) is 3.27. The molecule has 0 radical (unpaired) electrons. The first-order chi connectivity index (χ1) is 5.75. The summed E-state index contributed by atoms with van der Waals surface area (Å²) in [5.74, 6) is 1.86. The van der Waals surface area contributed by atoms with Crippen LogP contribution in [0.2, 0.25) is 0 Å². The highest BCUT2D eigenvalue weighted by molar-refractivity contribution is 7.99. The first kappa shape index (κ1) is 9.86. The number of hydrogen-bond donors (Lipinski definition) is 1. The van der Waals surface area contributed by atoms with Gasteiger partial charge in [0.1, 0.15) is 5.54 Å². The summed E-state index contributed by atoms with van der Waals surface area (Å²) in [6, 6.07) is 0. The lowest BCUT2D eigenvalue weighted by atomic mass is 9.96. The van der Waals surface area contributed by atoms with Gasteiger partial charge in [-0.15, -0.1) is 0 Å². The molecule has 1 aliphatic rings. The van der Waals surface area contributed by atoms with E-state index in [4.69, 9.17) is 4.74 Å². The van der Waals surface area contributed by atoms with Crippen molar-refractivity contribution >= 4 is 17.7 Å². The Hall–Kier alpha value is -0.220. The van der Waals surface area contributed by atoms with E-state index in [2.05, 4.69) is 5.32 Å². The Morgan fingerprint density at radius 3 is 2.83 bits per heavy atom. The number of carbonyl (C=O) groups is 1. The van der Waals surface area contributed by atoms with Crippen LogP contribution >= 0.6 is 11.8 Å². The number of hydrogen-bond acceptors (Lipinski definition) is 4. The smallest absolute Gasteiger partial charge is 0.326 e. The summed E-state index contributed by atoms with van der Waals surface area (Å²) in [6.07, 6.45) is 1.98. The van der Waals surface area contributed by atoms with Crippen molar-refractivity contribution in [3.05, 3.63) is 0 Å². The molecule has 0 saturated carbocycles. The van der Waals surface area contributed by atoms with Crippen molar-refractivity contribution in [2.75, 3.05) is 25.7 Å². The summed E-state index contributed by atoms with van der Waals surface area (Å²) in [5.41, 5.74) is -0.419. The van der Waals surface area contributed by atoms with Crippen LogP contribution in [0.1, 0.15) is 12.8 Å². The summed E-state index contributed by atoms with van der Waals surface area (Å²) in [6.45, 7) is 0. The molecular formula is C8H15NO2S. The van der Waals surface area contributed by atoms with Gasteiger partial charge >= 0.3 is 5.97 Å². The van der Waals surface area contributed by atoms with Gasteiger partial charge in [-0.1, -0.05) is 0 Å². The van der Waals surface area contributed by atoms with Crippen molar-refractivity contribution in [3.63, 3.8) is 0 Å². The Balaban J connectivity index is 2.66. The first-order valence-corrected chi connectivity index (χ1v) is 5.26. The molecule has 0 spiro atoms. The average molecular weight is 189 g/mol. The topological polar surface area (TPSA) is 38.3 Å². The number of nitrogens with one attached hydrogen (secondary N) is 1. The van der Waals surface area contributed by atoms with Crippen LogP contribution in [0.15, 0.2) is 0 Å². The average Bonchev–Trinajstić information content (AvgIpc) is 2.17. The van der Waals surface area contributed by atoms with E-state index in [0.717, 1.165) is 24.3 Å². The van der Waals surface area contributed by atoms with E-state index in [1.54, 1.807) is 11.8 Å². The zero-order chi connectivity index (χ0) is 9.03. The number of methoxy groups -OCH3 is 1. The standard InChI is InChI=1S/C8H15NO2S/c1-9-8(7(10)11-2)4-3-5-12-6-8/h9H,3-6H2,1-2H3. The monoisotopic (exact) mass is 189 g/mol. The number of carbonyl (C=O) groups excluding carboxylic acids is 1. The largest absolute Gasteiger partial charge is 0.468 e. The predicted octanol–water partition coefficient (Wildman–Crippen LogP) is 0.645. The molecule has 1 fully saturated rings. The van der Waals surface area contributed by atoms with Gasteiger partial charge < -0.3 is 10.1 Å². The number of esters is 1. The molecule has 1 saturated heterocycles. The minimum absolute atomic E-state index is 0.128. The molecule has 3 nitrogen and oxygen atoms in total. The fourth-order valence-electron chi connectivity index (χ4n) is 1.45. The summed E-state index contributed by atoms with van der Waals surface area (Å²) in [4.78, 5) is 11.4. The van der Waals surface area contributed by atoms with Crippen LogP contribution in [0.4, 0.5) is 0 Å². The number of likely N-dealkylation sites (N-methyl/N-ethyl adjacent to an activating group) is 1. The summed E-state index contributed by atoms with van der Waals surface area (Å²) >= 11 is 1.81. The minimum Gasteiger partial charge on any atom is -0.468 e. The van der Waals surface area contributed by atoms with E-state index in [9.17, 15) is 4.79 Å². The molecule has 1 N–H and O–H groups in total. The van der Waals surface area contributed by atoms with E-state index in [0.29, 0.717) is 0 Å². The molecule has 0 aromatic rings. The molecule has 1 rings (SSSR count). The first-order valence-electron chi connectivity index (χ1n) is 4.10. The lowest BCUT2D eigenvalue weighted by Gasteiger charge is -2.33. The van der Waals surface area contributed by atoms with E-state index in [1.165, 1.54) is 7.11 Å². The third kappa shape index (κ3) is 1.75. The van der Waals surface area contributed by atoms with Gasteiger partial charge in [0.05, 0.1) is 7.11 Å². The van der Waals surface area contributed by atoms with Gasteiger partial charge in [0, 0.05) is 5.75 Å². The van der Waals surface area contributed by atoms with Crippen LogP contribution < -0.4 is 5.32 Å². The van der Waals surface area contributed by atoms with Gasteiger partial charge in [0.2, 0.25) is 0 Å². The number of ether oxygens (including phenoxy) is 1. The second-order valence-electron chi connectivity index (χ2n) is 2.98. The van der Waals surface area contributed by atoms with Gasteiger partial charge in [-0.3, -0.25) is 4.79 Å². The zero-order valence-electron chi connectivity index (χ0n) is 7.55. The molecule has 4 heteroatoms.